The van der Waals surface area contributed by atoms with Crippen molar-refractivity contribution in [1.29, 1.82) is 0 Å². The molecule has 5 heteroatoms. The lowest BCUT2D eigenvalue weighted by molar-refractivity contribution is 0.376. The summed E-state index contributed by atoms with van der Waals surface area (Å²) in [5, 5.41) is 3.59. The molecular weight excluding hydrogens is 154 g/mol. The monoisotopic (exact) mass is 163 g/mol. The molecule has 0 radical (unpaired) electrons. The maximum absolute atomic E-state index is 5.24. The van der Waals surface area contributed by atoms with Gasteiger partial charge in [0.05, 0.1) is 0 Å². The number of aryl methyl sites for hydroxylation is 1. The van der Waals surface area contributed by atoms with Crippen LogP contribution < -0.4 is 5.73 Å². The summed E-state index contributed by atoms with van der Waals surface area (Å²) in [6, 6.07) is 0. The van der Waals surface area contributed by atoms with E-state index in [9.17, 15) is 0 Å². The van der Waals surface area contributed by atoms with Crippen molar-refractivity contribution < 1.29 is 4.52 Å². The van der Waals surface area contributed by atoms with Crippen molar-refractivity contribution in [1.82, 2.24) is 10.1 Å². The first-order valence-corrected chi connectivity index (χ1v) is 2.82. The highest BCUT2D eigenvalue weighted by molar-refractivity contribution is 5.85. The standard InChI is InChI=1S/C5H9N3O.ClH/c1-4-7-5(2-3-6)9-8-4;/h2-3,6H2,1H3;1H. The van der Waals surface area contributed by atoms with Crippen LogP contribution in [0.3, 0.4) is 0 Å². The van der Waals surface area contributed by atoms with Crippen molar-refractivity contribution in [2.24, 2.45) is 5.73 Å². The lowest BCUT2D eigenvalue weighted by atomic mass is 10.4. The fourth-order valence-electron chi connectivity index (χ4n) is 0.565. The first-order chi connectivity index (χ1) is 4.33. The Hall–Kier alpha value is -0.610. The summed E-state index contributed by atoms with van der Waals surface area (Å²) in [4.78, 5) is 3.94. The number of aromatic nitrogens is 2. The molecule has 0 saturated carbocycles. The fourth-order valence-corrected chi connectivity index (χ4v) is 0.565. The van der Waals surface area contributed by atoms with Crippen LogP contribution in [0.1, 0.15) is 11.7 Å². The van der Waals surface area contributed by atoms with Gasteiger partial charge in [0.25, 0.3) is 0 Å². The normalized spacial score (nSPS) is 9.00. The van der Waals surface area contributed by atoms with Crippen LogP contribution in [-0.2, 0) is 6.42 Å². The van der Waals surface area contributed by atoms with Crippen LogP contribution in [0, 0.1) is 6.92 Å². The van der Waals surface area contributed by atoms with Gasteiger partial charge in [0.1, 0.15) is 0 Å². The first-order valence-electron chi connectivity index (χ1n) is 2.82. The van der Waals surface area contributed by atoms with Gasteiger partial charge < -0.3 is 10.3 Å². The quantitative estimate of drug-likeness (QED) is 0.681. The van der Waals surface area contributed by atoms with Crippen molar-refractivity contribution in [2.45, 2.75) is 13.3 Å². The minimum atomic E-state index is 0. The van der Waals surface area contributed by atoms with Gasteiger partial charge in [-0.2, -0.15) is 4.98 Å². The predicted octanol–water partition coefficient (Wildman–Crippen LogP) is 0.301. The zero-order chi connectivity index (χ0) is 6.69. The zero-order valence-electron chi connectivity index (χ0n) is 5.70. The van der Waals surface area contributed by atoms with Crippen LogP contribution in [-0.4, -0.2) is 16.7 Å². The van der Waals surface area contributed by atoms with E-state index >= 15 is 0 Å². The molecule has 1 aromatic rings. The molecule has 1 rings (SSSR count). The summed E-state index contributed by atoms with van der Waals surface area (Å²) in [7, 11) is 0. The summed E-state index contributed by atoms with van der Waals surface area (Å²) in [6.07, 6.45) is 0.668. The number of nitrogens with zero attached hydrogens (tertiary/aromatic N) is 2. The summed E-state index contributed by atoms with van der Waals surface area (Å²) in [5.41, 5.74) is 5.24. The molecule has 0 unspecified atom stereocenters. The summed E-state index contributed by atoms with van der Waals surface area (Å²) in [5.74, 6) is 1.29. The predicted molar refractivity (Wildman–Crippen MR) is 39.0 cm³/mol. The highest BCUT2D eigenvalue weighted by atomic mass is 35.5. The molecule has 1 aromatic heterocycles. The Morgan fingerprint density at radius 3 is 2.70 bits per heavy atom. The molecular formula is C5H10ClN3O. The molecule has 0 atom stereocenters. The molecule has 10 heavy (non-hydrogen) atoms. The molecule has 2 N–H and O–H groups in total. The summed E-state index contributed by atoms with van der Waals surface area (Å²) < 4.78 is 4.76. The summed E-state index contributed by atoms with van der Waals surface area (Å²) >= 11 is 0. The van der Waals surface area contributed by atoms with E-state index in [0.29, 0.717) is 24.7 Å². The largest absolute Gasteiger partial charge is 0.339 e. The third kappa shape index (κ3) is 2.33. The zero-order valence-corrected chi connectivity index (χ0v) is 6.52. The minimum absolute atomic E-state index is 0. The number of halogens is 1. The van der Waals surface area contributed by atoms with Crippen LogP contribution >= 0.6 is 12.4 Å². The second kappa shape index (κ2) is 4.24. The first kappa shape index (κ1) is 9.39. The Labute approximate surface area is 65.2 Å². The van der Waals surface area contributed by atoms with Crippen molar-refractivity contribution in [2.75, 3.05) is 6.54 Å². The SMILES string of the molecule is Cc1noc(CCN)n1.Cl. The lowest BCUT2D eigenvalue weighted by Gasteiger charge is -1.82. The van der Waals surface area contributed by atoms with E-state index in [1.54, 1.807) is 6.92 Å². The summed E-state index contributed by atoms with van der Waals surface area (Å²) in [6.45, 7) is 2.34. The van der Waals surface area contributed by atoms with Gasteiger partial charge in [0, 0.05) is 13.0 Å². The minimum Gasteiger partial charge on any atom is -0.339 e. The molecule has 0 amide bonds. The second-order valence-corrected chi connectivity index (χ2v) is 1.77. The van der Waals surface area contributed by atoms with Gasteiger partial charge in [0.2, 0.25) is 5.89 Å². The van der Waals surface area contributed by atoms with E-state index < -0.39 is 0 Å². The molecule has 0 aliphatic carbocycles. The Morgan fingerprint density at radius 1 is 1.60 bits per heavy atom. The molecule has 0 aliphatic rings. The van der Waals surface area contributed by atoms with E-state index in [0.717, 1.165) is 0 Å². The molecule has 58 valence electrons. The van der Waals surface area contributed by atoms with E-state index in [1.165, 1.54) is 0 Å². The Morgan fingerprint density at radius 2 is 2.30 bits per heavy atom. The molecule has 0 fully saturated rings. The van der Waals surface area contributed by atoms with E-state index in [4.69, 9.17) is 10.3 Å². The number of nitrogens with two attached hydrogens (primary N) is 1. The van der Waals surface area contributed by atoms with E-state index in [-0.39, 0.29) is 12.4 Å². The van der Waals surface area contributed by atoms with Gasteiger partial charge in [-0.15, -0.1) is 12.4 Å². The fraction of sp³-hybridized carbons (Fsp3) is 0.600. The van der Waals surface area contributed by atoms with Gasteiger partial charge >= 0.3 is 0 Å². The highest BCUT2D eigenvalue weighted by Crippen LogP contribution is 1.94. The van der Waals surface area contributed by atoms with Crippen molar-refractivity contribution >= 4 is 12.4 Å². The smallest absolute Gasteiger partial charge is 0.227 e. The second-order valence-electron chi connectivity index (χ2n) is 1.77. The molecule has 0 aromatic carbocycles. The Bertz CT molecular complexity index is 189. The van der Waals surface area contributed by atoms with E-state index in [2.05, 4.69) is 10.1 Å². The maximum Gasteiger partial charge on any atom is 0.227 e. The highest BCUT2D eigenvalue weighted by Gasteiger charge is 1.98. The van der Waals surface area contributed by atoms with Crippen LogP contribution in [0.5, 0.6) is 0 Å². The Balaban J connectivity index is 0.000000810. The lowest BCUT2D eigenvalue weighted by Crippen LogP contribution is -2.02. The van der Waals surface area contributed by atoms with Gasteiger partial charge in [-0.3, -0.25) is 0 Å². The molecule has 0 saturated heterocycles. The molecule has 4 nitrogen and oxygen atoms in total. The van der Waals surface area contributed by atoms with Crippen LogP contribution in [0.4, 0.5) is 0 Å². The van der Waals surface area contributed by atoms with Crippen molar-refractivity contribution in [3.8, 4) is 0 Å². The molecule has 1 heterocycles. The molecule has 0 spiro atoms. The topological polar surface area (TPSA) is 64.9 Å². The third-order valence-corrected chi connectivity index (χ3v) is 0.928. The van der Waals surface area contributed by atoms with Crippen LogP contribution in [0.25, 0.3) is 0 Å². The van der Waals surface area contributed by atoms with Crippen LogP contribution in [0.15, 0.2) is 4.52 Å². The Kier molecular flexibility index (Phi) is 3.99. The number of rotatable bonds is 2. The van der Waals surface area contributed by atoms with Gasteiger partial charge in [-0.05, 0) is 6.92 Å². The maximum atomic E-state index is 5.24. The van der Waals surface area contributed by atoms with Crippen molar-refractivity contribution in [3.05, 3.63) is 11.7 Å². The number of hydrogen-bond donors (Lipinski definition) is 1. The van der Waals surface area contributed by atoms with Crippen molar-refractivity contribution in [3.63, 3.8) is 0 Å². The average molecular weight is 164 g/mol. The number of hydrogen-bond acceptors (Lipinski definition) is 4. The van der Waals surface area contributed by atoms with Gasteiger partial charge in [-0.1, -0.05) is 5.16 Å². The van der Waals surface area contributed by atoms with Gasteiger partial charge in [0.15, 0.2) is 5.82 Å². The van der Waals surface area contributed by atoms with Gasteiger partial charge in [-0.25, -0.2) is 0 Å². The molecule has 0 bridgehead atoms. The average Bonchev–Trinajstić information content (AvgIpc) is 2.17. The molecule has 0 aliphatic heterocycles. The van der Waals surface area contributed by atoms with E-state index in [1.807, 2.05) is 0 Å². The third-order valence-electron chi connectivity index (χ3n) is 0.928. The van der Waals surface area contributed by atoms with Crippen LogP contribution in [0.2, 0.25) is 0 Å².